The highest BCUT2D eigenvalue weighted by Gasteiger charge is 2.32. The first-order chi connectivity index (χ1) is 7.91. The predicted molar refractivity (Wildman–Crippen MR) is 61.3 cm³/mol. The molecule has 0 saturated carbocycles. The van der Waals surface area contributed by atoms with Crippen molar-refractivity contribution in [1.82, 2.24) is 15.1 Å². The van der Waals surface area contributed by atoms with Gasteiger partial charge in [-0.1, -0.05) is 13.8 Å². The third-order valence-electron chi connectivity index (χ3n) is 2.76. The van der Waals surface area contributed by atoms with Gasteiger partial charge in [0.2, 0.25) is 0 Å². The number of amides is 2. The van der Waals surface area contributed by atoms with Crippen LogP contribution < -0.4 is 5.32 Å². The van der Waals surface area contributed by atoms with Gasteiger partial charge in [-0.25, -0.2) is 9.59 Å². The highest BCUT2D eigenvalue weighted by atomic mass is 16.4. The van der Waals surface area contributed by atoms with Crippen LogP contribution in [0.4, 0.5) is 9.59 Å². The van der Waals surface area contributed by atoms with E-state index >= 15 is 0 Å². The van der Waals surface area contributed by atoms with E-state index in [0.717, 1.165) is 0 Å². The van der Waals surface area contributed by atoms with Crippen LogP contribution in [0, 0.1) is 0 Å². The minimum Gasteiger partial charge on any atom is -0.465 e. The van der Waals surface area contributed by atoms with Gasteiger partial charge >= 0.3 is 12.2 Å². The molecule has 1 atom stereocenters. The van der Waals surface area contributed by atoms with Gasteiger partial charge in [-0.15, -0.1) is 0 Å². The number of carbonyl (C=O) groups is 2. The van der Waals surface area contributed by atoms with E-state index < -0.39 is 12.2 Å². The SMILES string of the molecule is CC(C)NC[C@H]1CN(C(=O)O)CCN1C(=O)O. The molecule has 0 aromatic rings. The fourth-order valence-corrected chi connectivity index (χ4v) is 1.83. The summed E-state index contributed by atoms with van der Waals surface area (Å²) < 4.78 is 0. The average molecular weight is 245 g/mol. The molecule has 1 aliphatic rings. The summed E-state index contributed by atoms with van der Waals surface area (Å²) in [5.41, 5.74) is 0. The van der Waals surface area contributed by atoms with Gasteiger partial charge in [0, 0.05) is 32.2 Å². The van der Waals surface area contributed by atoms with Crippen LogP contribution in [0.15, 0.2) is 0 Å². The molecule has 3 N–H and O–H groups in total. The van der Waals surface area contributed by atoms with Crippen molar-refractivity contribution < 1.29 is 19.8 Å². The van der Waals surface area contributed by atoms with Gasteiger partial charge in [0.1, 0.15) is 0 Å². The zero-order valence-electron chi connectivity index (χ0n) is 10.1. The highest BCUT2D eigenvalue weighted by Crippen LogP contribution is 2.10. The summed E-state index contributed by atoms with van der Waals surface area (Å²) in [6.45, 7) is 5.08. The summed E-state index contributed by atoms with van der Waals surface area (Å²) >= 11 is 0. The quantitative estimate of drug-likeness (QED) is 0.666. The van der Waals surface area contributed by atoms with Crippen LogP contribution >= 0.6 is 0 Å². The monoisotopic (exact) mass is 245 g/mol. The summed E-state index contributed by atoms with van der Waals surface area (Å²) in [7, 11) is 0. The van der Waals surface area contributed by atoms with Crippen molar-refractivity contribution in [2.75, 3.05) is 26.2 Å². The Kier molecular flexibility index (Phi) is 4.56. The molecule has 1 rings (SSSR count). The smallest absolute Gasteiger partial charge is 0.407 e. The van der Waals surface area contributed by atoms with Crippen molar-refractivity contribution in [3.8, 4) is 0 Å². The molecule has 0 spiro atoms. The largest absolute Gasteiger partial charge is 0.465 e. The molecule has 1 fully saturated rings. The molecule has 7 heteroatoms. The van der Waals surface area contributed by atoms with Gasteiger partial charge < -0.3 is 25.3 Å². The Hall–Kier alpha value is -1.50. The van der Waals surface area contributed by atoms with E-state index in [0.29, 0.717) is 6.54 Å². The molecule has 0 radical (unpaired) electrons. The third-order valence-corrected chi connectivity index (χ3v) is 2.76. The first kappa shape index (κ1) is 13.6. The fraction of sp³-hybridized carbons (Fsp3) is 0.800. The Balaban J connectivity index is 2.62. The fourth-order valence-electron chi connectivity index (χ4n) is 1.83. The Morgan fingerprint density at radius 1 is 1.29 bits per heavy atom. The number of piperazine rings is 1. The van der Waals surface area contributed by atoms with Crippen molar-refractivity contribution in [1.29, 1.82) is 0 Å². The lowest BCUT2D eigenvalue weighted by Gasteiger charge is -2.39. The summed E-state index contributed by atoms with van der Waals surface area (Å²) in [6.07, 6.45) is -1.99. The second-order valence-corrected chi connectivity index (χ2v) is 4.42. The van der Waals surface area contributed by atoms with E-state index in [1.165, 1.54) is 9.80 Å². The van der Waals surface area contributed by atoms with Crippen molar-refractivity contribution in [2.45, 2.75) is 25.9 Å². The van der Waals surface area contributed by atoms with Crippen LogP contribution in [0.5, 0.6) is 0 Å². The predicted octanol–water partition coefficient (Wildman–Crippen LogP) is 0.327. The second-order valence-electron chi connectivity index (χ2n) is 4.42. The number of rotatable bonds is 3. The molecule has 0 aliphatic carbocycles. The Labute approximate surface area is 100.0 Å². The van der Waals surface area contributed by atoms with Crippen molar-refractivity contribution in [3.05, 3.63) is 0 Å². The van der Waals surface area contributed by atoms with Gasteiger partial charge in [-0.2, -0.15) is 0 Å². The maximum Gasteiger partial charge on any atom is 0.407 e. The van der Waals surface area contributed by atoms with E-state index in [4.69, 9.17) is 10.2 Å². The van der Waals surface area contributed by atoms with Crippen LogP contribution in [0.25, 0.3) is 0 Å². The topological polar surface area (TPSA) is 93.1 Å². The van der Waals surface area contributed by atoms with Gasteiger partial charge in [-0.05, 0) is 0 Å². The van der Waals surface area contributed by atoms with Gasteiger partial charge in [0.15, 0.2) is 0 Å². The molecule has 1 saturated heterocycles. The van der Waals surface area contributed by atoms with Gasteiger partial charge in [-0.3, -0.25) is 0 Å². The number of nitrogens with zero attached hydrogens (tertiary/aromatic N) is 2. The summed E-state index contributed by atoms with van der Waals surface area (Å²) in [5.74, 6) is 0. The van der Waals surface area contributed by atoms with Crippen molar-refractivity contribution >= 4 is 12.2 Å². The zero-order valence-corrected chi connectivity index (χ0v) is 10.1. The summed E-state index contributed by atoms with van der Waals surface area (Å²) in [5, 5.41) is 21.1. The normalized spacial score (nSPS) is 20.8. The number of hydrogen-bond donors (Lipinski definition) is 3. The molecule has 98 valence electrons. The summed E-state index contributed by atoms with van der Waals surface area (Å²) in [6, 6.07) is -0.0781. The molecule has 1 aliphatic heterocycles. The molecule has 1 heterocycles. The Morgan fingerprint density at radius 3 is 2.41 bits per heavy atom. The molecular weight excluding hydrogens is 226 g/mol. The number of nitrogens with one attached hydrogen (secondary N) is 1. The minimum atomic E-state index is -0.996. The van der Waals surface area contributed by atoms with Crippen LogP contribution in [0.2, 0.25) is 0 Å². The third kappa shape index (κ3) is 3.77. The van der Waals surface area contributed by atoms with Crippen molar-refractivity contribution in [2.24, 2.45) is 0 Å². The Morgan fingerprint density at radius 2 is 1.94 bits per heavy atom. The molecule has 0 unspecified atom stereocenters. The lowest BCUT2D eigenvalue weighted by Crippen LogP contribution is -2.59. The standard InChI is InChI=1S/C10H19N3O4/c1-7(2)11-5-8-6-12(9(14)15)3-4-13(8)10(16)17/h7-8,11H,3-6H2,1-2H3,(H,14,15)(H,16,17)/t8-/m0/s1. The first-order valence-corrected chi connectivity index (χ1v) is 5.62. The lowest BCUT2D eigenvalue weighted by atomic mass is 10.1. The van der Waals surface area contributed by atoms with Crippen LogP contribution in [-0.2, 0) is 0 Å². The zero-order chi connectivity index (χ0) is 13.0. The van der Waals surface area contributed by atoms with Gasteiger partial charge in [0.05, 0.1) is 6.04 Å². The highest BCUT2D eigenvalue weighted by molar-refractivity contribution is 5.68. The van der Waals surface area contributed by atoms with E-state index in [9.17, 15) is 9.59 Å². The number of hydrogen-bond acceptors (Lipinski definition) is 3. The van der Waals surface area contributed by atoms with E-state index in [1.54, 1.807) is 0 Å². The molecule has 0 aromatic carbocycles. The minimum absolute atomic E-state index is 0.224. The van der Waals surface area contributed by atoms with E-state index in [-0.39, 0.29) is 31.7 Å². The molecular formula is C10H19N3O4. The molecule has 2 amide bonds. The maximum absolute atomic E-state index is 11.0. The van der Waals surface area contributed by atoms with Gasteiger partial charge in [0.25, 0.3) is 0 Å². The van der Waals surface area contributed by atoms with E-state index in [2.05, 4.69) is 5.32 Å². The van der Waals surface area contributed by atoms with E-state index in [1.807, 2.05) is 13.8 Å². The molecule has 17 heavy (non-hydrogen) atoms. The molecule has 0 aromatic heterocycles. The van der Waals surface area contributed by atoms with Crippen LogP contribution in [0.1, 0.15) is 13.8 Å². The molecule has 0 bridgehead atoms. The van der Waals surface area contributed by atoms with Crippen molar-refractivity contribution in [3.63, 3.8) is 0 Å². The average Bonchev–Trinajstić information content (AvgIpc) is 2.25. The molecule has 7 nitrogen and oxygen atoms in total. The summed E-state index contributed by atoms with van der Waals surface area (Å²) in [4.78, 5) is 24.4. The van der Waals surface area contributed by atoms with Crippen LogP contribution in [0.3, 0.4) is 0 Å². The van der Waals surface area contributed by atoms with Crippen LogP contribution in [-0.4, -0.2) is 70.5 Å². The second kappa shape index (κ2) is 5.72. The first-order valence-electron chi connectivity index (χ1n) is 5.62. The Bertz CT molecular complexity index is 295. The lowest BCUT2D eigenvalue weighted by molar-refractivity contribution is 0.0631. The maximum atomic E-state index is 11.0. The number of carboxylic acid groups (broad SMARTS) is 2.